The van der Waals surface area contributed by atoms with Crippen LogP contribution in [0.25, 0.3) is 11.3 Å². The number of hydrogen-bond acceptors (Lipinski definition) is 6. The highest BCUT2D eigenvalue weighted by Gasteiger charge is 2.39. The molecule has 0 spiro atoms. The second kappa shape index (κ2) is 12.0. The van der Waals surface area contributed by atoms with E-state index in [1.807, 2.05) is 41.0 Å². The molecular weight excluding hydrogens is 596 g/mol. The molecule has 0 bridgehead atoms. The molecule has 4 aromatic rings. The van der Waals surface area contributed by atoms with Gasteiger partial charge in [-0.3, -0.25) is 4.79 Å². The Bertz CT molecular complexity index is 1640. The zero-order valence-corrected chi connectivity index (χ0v) is 25.3. The molecule has 0 saturated heterocycles. The number of amides is 1. The fourth-order valence-corrected chi connectivity index (χ4v) is 6.94. The fourth-order valence-electron chi connectivity index (χ4n) is 6.29. The van der Waals surface area contributed by atoms with Crippen molar-refractivity contribution in [3.8, 4) is 28.8 Å². The van der Waals surface area contributed by atoms with Crippen molar-refractivity contribution in [1.29, 1.82) is 5.26 Å². The molecule has 0 radical (unpaired) electrons. The molecule has 9 nitrogen and oxygen atoms in total. The van der Waals surface area contributed by atoms with E-state index in [1.165, 1.54) is 0 Å². The van der Waals surface area contributed by atoms with E-state index in [2.05, 4.69) is 42.6 Å². The smallest absolute Gasteiger partial charge is 0.229 e. The standard InChI is InChI=1S/C32H33BrN6O3/c1-41-29-6-4-3-5-26(29)27-18-37-17-23-9-10-24(33)12-28(23)39(19-31(37)36-27)32(40)13-25-15-35-20-38(25)16-21-7-8-22(14-34)30(11-21)42-2/h3-8,11,15,18,20,23-24,28H,9-10,12-13,16-17,19H2,1-2H3/t23?,24?,28-/m0/s1. The number of hydrogen-bond donors (Lipinski definition) is 0. The van der Waals surface area contributed by atoms with Gasteiger partial charge in [0, 0.05) is 47.6 Å². The minimum absolute atomic E-state index is 0.0704. The maximum atomic E-state index is 14.1. The summed E-state index contributed by atoms with van der Waals surface area (Å²) in [4.78, 5) is 25.9. The van der Waals surface area contributed by atoms with Crippen LogP contribution in [-0.4, -0.2) is 55.0 Å². The van der Waals surface area contributed by atoms with E-state index in [4.69, 9.17) is 14.5 Å². The SMILES string of the molecule is COc1cc(Cn2cncc2CC(=O)N2Cc3nc(-c4ccccc4OC)cn3CC3CCC(Br)C[C@@H]32)ccc1C#N. The van der Waals surface area contributed by atoms with Crippen LogP contribution in [-0.2, 0) is 30.8 Å². The number of carbonyl (C=O) groups excluding carboxylic acids is 1. The Kier molecular flexibility index (Phi) is 8.02. The molecule has 216 valence electrons. The topological polar surface area (TPSA) is 98.2 Å². The van der Waals surface area contributed by atoms with Crippen LogP contribution in [0.2, 0.25) is 0 Å². The van der Waals surface area contributed by atoms with Gasteiger partial charge in [-0.25, -0.2) is 9.97 Å². The highest BCUT2D eigenvalue weighted by molar-refractivity contribution is 9.09. The second-order valence-electron chi connectivity index (χ2n) is 11.0. The van der Waals surface area contributed by atoms with Gasteiger partial charge >= 0.3 is 0 Å². The number of alkyl halides is 1. The van der Waals surface area contributed by atoms with E-state index in [0.717, 1.165) is 59.9 Å². The van der Waals surface area contributed by atoms with Crippen LogP contribution >= 0.6 is 15.9 Å². The molecule has 3 heterocycles. The van der Waals surface area contributed by atoms with Crippen molar-refractivity contribution in [1.82, 2.24) is 24.0 Å². The van der Waals surface area contributed by atoms with Gasteiger partial charge in [-0.1, -0.05) is 34.1 Å². The van der Waals surface area contributed by atoms with Crippen molar-refractivity contribution in [3.05, 3.63) is 83.8 Å². The monoisotopic (exact) mass is 628 g/mol. The van der Waals surface area contributed by atoms with Gasteiger partial charge in [-0.05, 0) is 55.0 Å². The molecule has 1 aliphatic carbocycles. The third kappa shape index (κ3) is 5.53. The van der Waals surface area contributed by atoms with Gasteiger partial charge in [-0.15, -0.1) is 0 Å². The number of methoxy groups -OCH3 is 2. The maximum absolute atomic E-state index is 14.1. The third-order valence-corrected chi connectivity index (χ3v) is 9.30. The Morgan fingerprint density at radius 3 is 2.79 bits per heavy atom. The first-order valence-electron chi connectivity index (χ1n) is 14.2. The second-order valence-corrected chi connectivity index (χ2v) is 12.3. The van der Waals surface area contributed by atoms with Gasteiger partial charge < -0.3 is 23.5 Å². The molecule has 0 N–H and O–H groups in total. The van der Waals surface area contributed by atoms with Crippen LogP contribution < -0.4 is 9.47 Å². The molecule has 42 heavy (non-hydrogen) atoms. The Morgan fingerprint density at radius 1 is 1.14 bits per heavy atom. The number of halogens is 1. The molecule has 1 saturated carbocycles. The van der Waals surface area contributed by atoms with Crippen molar-refractivity contribution in [2.24, 2.45) is 5.92 Å². The average Bonchev–Trinajstić information content (AvgIpc) is 3.58. The summed E-state index contributed by atoms with van der Waals surface area (Å²) in [5.41, 5.74) is 4.10. The first-order valence-corrected chi connectivity index (χ1v) is 15.1. The maximum Gasteiger partial charge on any atom is 0.229 e. The Hall–Kier alpha value is -4.10. The normalized spacial score (nSPS) is 19.8. The molecule has 3 atom stereocenters. The first kappa shape index (κ1) is 28.0. The van der Waals surface area contributed by atoms with Crippen LogP contribution in [0.5, 0.6) is 11.5 Å². The molecule has 2 unspecified atom stereocenters. The molecule has 2 aliphatic rings. The fraction of sp³-hybridized carbons (Fsp3) is 0.375. The quantitative estimate of drug-likeness (QED) is 0.261. The van der Waals surface area contributed by atoms with Gasteiger partial charge in [-0.2, -0.15) is 5.26 Å². The number of para-hydroxylation sites is 1. The number of benzene rings is 2. The average molecular weight is 630 g/mol. The van der Waals surface area contributed by atoms with E-state index < -0.39 is 0 Å². The Labute approximate surface area is 253 Å². The molecule has 1 amide bonds. The van der Waals surface area contributed by atoms with Crippen molar-refractivity contribution in [3.63, 3.8) is 0 Å². The lowest BCUT2D eigenvalue weighted by Crippen LogP contribution is -2.47. The lowest BCUT2D eigenvalue weighted by atomic mass is 9.83. The molecule has 1 aliphatic heterocycles. The largest absolute Gasteiger partial charge is 0.496 e. The number of aromatic nitrogens is 4. The summed E-state index contributed by atoms with van der Waals surface area (Å²) in [7, 11) is 3.23. The van der Waals surface area contributed by atoms with Gasteiger partial charge in [0.2, 0.25) is 5.91 Å². The minimum Gasteiger partial charge on any atom is -0.496 e. The predicted octanol–water partition coefficient (Wildman–Crippen LogP) is 5.20. The van der Waals surface area contributed by atoms with Gasteiger partial charge in [0.25, 0.3) is 0 Å². The zero-order valence-electron chi connectivity index (χ0n) is 23.7. The molecule has 1 fully saturated rings. The summed E-state index contributed by atoms with van der Waals surface area (Å²) < 4.78 is 15.2. The summed E-state index contributed by atoms with van der Waals surface area (Å²) in [5, 5.41) is 9.33. The molecule has 2 aromatic heterocycles. The number of rotatable bonds is 7. The molecule has 10 heteroatoms. The van der Waals surface area contributed by atoms with E-state index in [1.54, 1.807) is 32.8 Å². The van der Waals surface area contributed by atoms with Gasteiger partial charge in [0.1, 0.15) is 23.4 Å². The van der Waals surface area contributed by atoms with Crippen LogP contribution in [0.3, 0.4) is 0 Å². The molecule has 6 rings (SSSR count). The van der Waals surface area contributed by atoms with Crippen molar-refractivity contribution < 1.29 is 14.3 Å². The summed E-state index contributed by atoms with van der Waals surface area (Å²) in [6, 6.07) is 15.7. The first-order chi connectivity index (χ1) is 20.5. The molecular formula is C32H33BrN6O3. The van der Waals surface area contributed by atoms with E-state index in [-0.39, 0.29) is 18.4 Å². The highest BCUT2D eigenvalue weighted by Crippen LogP contribution is 2.38. The van der Waals surface area contributed by atoms with Crippen LogP contribution in [0.1, 0.15) is 41.9 Å². The Morgan fingerprint density at radius 2 is 1.98 bits per heavy atom. The highest BCUT2D eigenvalue weighted by atomic mass is 79.9. The van der Waals surface area contributed by atoms with Crippen molar-refractivity contribution in [2.45, 2.75) is 56.2 Å². The number of ether oxygens (including phenoxy) is 2. The number of nitrogens with zero attached hydrogens (tertiary/aromatic N) is 6. The third-order valence-electron chi connectivity index (χ3n) is 8.47. The summed E-state index contributed by atoms with van der Waals surface area (Å²) >= 11 is 3.85. The number of imidazole rings is 2. The Balaban J connectivity index is 1.27. The van der Waals surface area contributed by atoms with Crippen LogP contribution in [0.4, 0.5) is 0 Å². The zero-order chi connectivity index (χ0) is 29.2. The van der Waals surface area contributed by atoms with Gasteiger partial charge in [0.05, 0.1) is 44.8 Å². The summed E-state index contributed by atoms with van der Waals surface area (Å²) in [6.45, 7) is 1.81. The lowest BCUT2D eigenvalue weighted by molar-refractivity contribution is -0.135. The molecule has 2 aromatic carbocycles. The number of carbonyl (C=O) groups is 1. The van der Waals surface area contributed by atoms with Crippen LogP contribution in [0.15, 0.2) is 61.2 Å². The number of nitriles is 1. The summed E-state index contributed by atoms with van der Waals surface area (Å²) in [6.07, 6.45) is 8.93. The van der Waals surface area contributed by atoms with Crippen LogP contribution in [0, 0.1) is 17.2 Å². The lowest BCUT2D eigenvalue weighted by Gasteiger charge is -2.39. The van der Waals surface area contributed by atoms with Crippen molar-refractivity contribution >= 4 is 21.8 Å². The van der Waals surface area contributed by atoms with E-state index in [0.29, 0.717) is 35.1 Å². The minimum atomic E-state index is 0.0704. The van der Waals surface area contributed by atoms with E-state index in [9.17, 15) is 10.1 Å². The summed E-state index contributed by atoms with van der Waals surface area (Å²) in [5.74, 6) is 2.63. The predicted molar refractivity (Wildman–Crippen MR) is 161 cm³/mol. The van der Waals surface area contributed by atoms with E-state index >= 15 is 0 Å². The van der Waals surface area contributed by atoms with Gasteiger partial charge in [0.15, 0.2) is 0 Å². The van der Waals surface area contributed by atoms with Crippen molar-refractivity contribution in [2.75, 3.05) is 14.2 Å². The number of fused-ring (bicyclic) bond motifs is 2.